The van der Waals surface area contributed by atoms with Gasteiger partial charge in [0.15, 0.2) is 11.5 Å². The summed E-state index contributed by atoms with van der Waals surface area (Å²) in [6.45, 7) is 0.183. The Balaban J connectivity index is 1.59. The van der Waals surface area contributed by atoms with Crippen LogP contribution in [0.3, 0.4) is 0 Å². The summed E-state index contributed by atoms with van der Waals surface area (Å²) in [5.74, 6) is 1.15. The molecule has 0 aromatic heterocycles. The number of rotatable bonds is 3. The number of nitrogens with zero attached hydrogens (tertiary/aromatic N) is 2. The van der Waals surface area contributed by atoms with E-state index in [2.05, 4.69) is 4.99 Å². The Labute approximate surface area is 166 Å². The van der Waals surface area contributed by atoms with Crippen molar-refractivity contribution in [1.29, 1.82) is 0 Å². The van der Waals surface area contributed by atoms with Crippen LogP contribution in [0.5, 0.6) is 11.5 Å². The number of amidine groups is 1. The molecule has 2 heterocycles. The van der Waals surface area contributed by atoms with Crippen molar-refractivity contribution < 1.29 is 18.7 Å². The van der Waals surface area contributed by atoms with Gasteiger partial charge in [0.2, 0.25) is 6.79 Å². The van der Waals surface area contributed by atoms with E-state index in [4.69, 9.17) is 9.47 Å². The van der Waals surface area contributed by atoms with Gasteiger partial charge in [-0.05, 0) is 60.2 Å². The van der Waals surface area contributed by atoms with Crippen molar-refractivity contribution in [3.8, 4) is 11.5 Å². The summed E-state index contributed by atoms with van der Waals surface area (Å²) in [5, 5.41) is 0. The normalized spacial score (nSPS) is 16.4. The number of hydrogen-bond donors (Lipinski definition) is 0. The maximum Gasteiger partial charge on any atom is 0.282 e. The topological polar surface area (TPSA) is 51.1 Å². The number of para-hydroxylation sites is 1. The first-order valence-electron chi connectivity index (χ1n) is 9.04. The Hall–Kier alpha value is -3.93. The smallest absolute Gasteiger partial charge is 0.282 e. The fourth-order valence-corrected chi connectivity index (χ4v) is 3.29. The van der Waals surface area contributed by atoms with E-state index in [-0.39, 0.29) is 24.2 Å². The monoisotopic (exact) mass is 386 g/mol. The number of ether oxygens (including phenoxy) is 2. The van der Waals surface area contributed by atoms with Crippen LogP contribution in [0.1, 0.15) is 11.1 Å². The Kier molecular flexibility index (Phi) is 4.09. The van der Waals surface area contributed by atoms with Crippen molar-refractivity contribution in [1.82, 2.24) is 0 Å². The molecule has 5 rings (SSSR count). The van der Waals surface area contributed by atoms with Crippen LogP contribution in [0.4, 0.5) is 10.1 Å². The number of carbonyl (C=O) groups is 1. The summed E-state index contributed by atoms with van der Waals surface area (Å²) < 4.78 is 24.1. The van der Waals surface area contributed by atoms with Gasteiger partial charge in [0.25, 0.3) is 5.91 Å². The fourth-order valence-electron chi connectivity index (χ4n) is 3.29. The van der Waals surface area contributed by atoms with Crippen LogP contribution in [0.15, 0.2) is 83.5 Å². The number of benzene rings is 3. The van der Waals surface area contributed by atoms with E-state index in [0.29, 0.717) is 28.6 Å². The zero-order valence-corrected chi connectivity index (χ0v) is 15.2. The van der Waals surface area contributed by atoms with Gasteiger partial charge in [0.1, 0.15) is 17.3 Å². The minimum Gasteiger partial charge on any atom is -0.454 e. The second-order valence-corrected chi connectivity index (χ2v) is 6.56. The number of fused-ring (bicyclic) bond motifs is 1. The van der Waals surface area contributed by atoms with E-state index in [1.165, 1.54) is 17.0 Å². The molecule has 2 aliphatic heterocycles. The molecule has 0 fully saturated rings. The molecular weight excluding hydrogens is 371 g/mol. The Morgan fingerprint density at radius 3 is 2.48 bits per heavy atom. The number of halogens is 1. The molecule has 0 saturated carbocycles. The number of amides is 1. The molecule has 2 aliphatic rings. The van der Waals surface area contributed by atoms with Gasteiger partial charge >= 0.3 is 0 Å². The average Bonchev–Trinajstić information content (AvgIpc) is 3.34. The predicted molar refractivity (Wildman–Crippen MR) is 107 cm³/mol. The van der Waals surface area contributed by atoms with Gasteiger partial charge in [-0.3, -0.25) is 9.69 Å². The number of anilines is 1. The third-order valence-corrected chi connectivity index (χ3v) is 4.68. The SMILES string of the molecule is O=C1/C(=C\c2ccc3c(c2)OCO3)N=C(c2ccc(F)cc2)N1c1ccccc1. The van der Waals surface area contributed by atoms with Crippen molar-refractivity contribution in [3.05, 3.63) is 95.4 Å². The molecule has 142 valence electrons. The van der Waals surface area contributed by atoms with Gasteiger partial charge in [-0.25, -0.2) is 9.38 Å². The summed E-state index contributed by atoms with van der Waals surface area (Å²) in [5.41, 5.74) is 2.40. The Morgan fingerprint density at radius 2 is 1.69 bits per heavy atom. The molecule has 0 bridgehead atoms. The maximum atomic E-state index is 13.4. The molecule has 0 spiro atoms. The van der Waals surface area contributed by atoms with Crippen LogP contribution in [0.25, 0.3) is 6.08 Å². The van der Waals surface area contributed by atoms with Crippen molar-refractivity contribution in [3.63, 3.8) is 0 Å². The van der Waals surface area contributed by atoms with E-state index in [9.17, 15) is 9.18 Å². The van der Waals surface area contributed by atoms with Crippen molar-refractivity contribution in [2.24, 2.45) is 4.99 Å². The van der Waals surface area contributed by atoms with E-state index in [0.717, 1.165) is 5.56 Å². The molecule has 29 heavy (non-hydrogen) atoms. The van der Waals surface area contributed by atoms with Gasteiger partial charge in [0, 0.05) is 5.56 Å². The highest BCUT2D eigenvalue weighted by Crippen LogP contribution is 2.34. The summed E-state index contributed by atoms with van der Waals surface area (Å²) in [4.78, 5) is 19.3. The number of aliphatic imine (C=N–C) groups is 1. The minimum atomic E-state index is -0.346. The summed E-state index contributed by atoms with van der Waals surface area (Å²) in [6, 6.07) is 20.6. The lowest BCUT2D eigenvalue weighted by Gasteiger charge is -2.18. The zero-order chi connectivity index (χ0) is 19.8. The summed E-state index contributed by atoms with van der Waals surface area (Å²) in [7, 11) is 0. The fraction of sp³-hybridized carbons (Fsp3) is 0.0435. The molecule has 3 aromatic carbocycles. The molecule has 6 heteroatoms. The van der Waals surface area contributed by atoms with E-state index in [1.807, 2.05) is 36.4 Å². The third kappa shape index (κ3) is 3.14. The van der Waals surface area contributed by atoms with Gasteiger partial charge in [-0.1, -0.05) is 24.3 Å². The van der Waals surface area contributed by atoms with E-state index < -0.39 is 0 Å². The van der Waals surface area contributed by atoms with Crippen LogP contribution in [-0.2, 0) is 4.79 Å². The molecule has 0 aliphatic carbocycles. The predicted octanol–water partition coefficient (Wildman–Crippen LogP) is 4.39. The van der Waals surface area contributed by atoms with Gasteiger partial charge in [-0.2, -0.15) is 0 Å². The summed E-state index contributed by atoms with van der Waals surface area (Å²) >= 11 is 0. The van der Waals surface area contributed by atoms with Crippen molar-refractivity contribution in [2.75, 3.05) is 11.7 Å². The second-order valence-electron chi connectivity index (χ2n) is 6.56. The lowest BCUT2D eigenvalue weighted by Crippen LogP contribution is -2.32. The molecule has 0 radical (unpaired) electrons. The van der Waals surface area contributed by atoms with E-state index >= 15 is 0 Å². The molecule has 0 saturated heterocycles. The van der Waals surface area contributed by atoms with Crippen LogP contribution < -0.4 is 14.4 Å². The lowest BCUT2D eigenvalue weighted by atomic mass is 10.1. The molecule has 3 aromatic rings. The largest absolute Gasteiger partial charge is 0.454 e. The van der Waals surface area contributed by atoms with E-state index in [1.54, 1.807) is 30.3 Å². The highest BCUT2D eigenvalue weighted by Gasteiger charge is 2.32. The molecule has 0 atom stereocenters. The van der Waals surface area contributed by atoms with Crippen LogP contribution >= 0.6 is 0 Å². The lowest BCUT2D eigenvalue weighted by molar-refractivity contribution is -0.113. The number of hydrogen-bond acceptors (Lipinski definition) is 4. The Morgan fingerprint density at radius 1 is 0.931 bits per heavy atom. The summed E-state index contributed by atoms with van der Waals surface area (Å²) in [6.07, 6.45) is 1.71. The molecule has 1 amide bonds. The molecule has 0 unspecified atom stereocenters. The van der Waals surface area contributed by atoms with Crippen molar-refractivity contribution in [2.45, 2.75) is 0 Å². The average molecular weight is 386 g/mol. The first kappa shape index (κ1) is 17.2. The van der Waals surface area contributed by atoms with Crippen molar-refractivity contribution >= 4 is 23.5 Å². The second kappa shape index (κ2) is 6.91. The van der Waals surface area contributed by atoms with Gasteiger partial charge in [-0.15, -0.1) is 0 Å². The van der Waals surface area contributed by atoms with Crippen LogP contribution in [0.2, 0.25) is 0 Å². The molecule has 0 N–H and O–H groups in total. The molecule has 5 nitrogen and oxygen atoms in total. The zero-order valence-electron chi connectivity index (χ0n) is 15.2. The van der Waals surface area contributed by atoms with Gasteiger partial charge in [0.05, 0.1) is 5.69 Å². The molecular formula is C23H15FN2O3. The number of carbonyl (C=O) groups excluding carboxylic acids is 1. The van der Waals surface area contributed by atoms with Crippen LogP contribution in [0, 0.1) is 5.82 Å². The highest BCUT2D eigenvalue weighted by atomic mass is 19.1. The highest BCUT2D eigenvalue weighted by molar-refractivity contribution is 6.33. The maximum absolute atomic E-state index is 13.4. The first-order valence-corrected chi connectivity index (χ1v) is 9.04. The van der Waals surface area contributed by atoms with Gasteiger partial charge < -0.3 is 9.47 Å². The standard InChI is InChI=1S/C23H15FN2O3/c24-17-9-7-16(8-10-17)22-25-19(23(27)26(22)18-4-2-1-3-5-18)12-15-6-11-20-21(13-15)29-14-28-20/h1-13H,14H2/b19-12+. The minimum absolute atomic E-state index is 0.183. The Bertz CT molecular complexity index is 1150. The quantitative estimate of drug-likeness (QED) is 0.628. The van der Waals surface area contributed by atoms with Crippen LogP contribution in [-0.4, -0.2) is 18.5 Å². The first-order chi connectivity index (χ1) is 14.2. The third-order valence-electron chi connectivity index (χ3n) is 4.68.